The maximum atomic E-state index is 5.48. The first-order valence-electron chi connectivity index (χ1n) is 6.48. The summed E-state index contributed by atoms with van der Waals surface area (Å²) in [6.45, 7) is 6.69. The van der Waals surface area contributed by atoms with Gasteiger partial charge in [0.25, 0.3) is 0 Å². The van der Waals surface area contributed by atoms with E-state index in [1.807, 2.05) is 12.1 Å². The van der Waals surface area contributed by atoms with Crippen LogP contribution in [0.2, 0.25) is 0 Å². The number of piperidine rings is 1. The largest absolute Gasteiger partial charge is 0.497 e. The molecule has 0 saturated carbocycles. The maximum absolute atomic E-state index is 5.48. The molecule has 1 atom stereocenters. The van der Waals surface area contributed by atoms with Crippen molar-refractivity contribution in [3.05, 3.63) is 23.8 Å². The molecule has 1 aromatic carbocycles. The van der Waals surface area contributed by atoms with Crippen molar-refractivity contribution in [1.29, 1.82) is 0 Å². The number of ether oxygens (including phenoxy) is 2. The predicted octanol–water partition coefficient (Wildman–Crippen LogP) is 2.81. The average Bonchev–Trinajstić information content (AvgIpc) is 2.36. The van der Waals surface area contributed by atoms with Crippen LogP contribution in [-0.2, 0) is 0 Å². The van der Waals surface area contributed by atoms with E-state index in [0.717, 1.165) is 24.6 Å². The molecule has 0 amide bonds. The predicted molar refractivity (Wildman–Crippen MR) is 73.6 cm³/mol. The van der Waals surface area contributed by atoms with E-state index in [1.165, 1.54) is 12.0 Å². The zero-order valence-corrected chi connectivity index (χ0v) is 11.7. The second kappa shape index (κ2) is 5.19. The summed E-state index contributed by atoms with van der Waals surface area (Å²) in [5.41, 5.74) is 1.58. The van der Waals surface area contributed by atoms with E-state index < -0.39 is 0 Å². The van der Waals surface area contributed by atoms with Gasteiger partial charge in [0, 0.05) is 24.6 Å². The first kappa shape index (κ1) is 13.2. The molecule has 1 fully saturated rings. The molecule has 1 N–H and O–H groups in total. The Hall–Kier alpha value is -1.22. The minimum Gasteiger partial charge on any atom is -0.497 e. The molecule has 1 aliphatic rings. The summed E-state index contributed by atoms with van der Waals surface area (Å²) in [6.07, 6.45) is 1.17. The Bertz CT molecular complexity index is 415. The lowest BCUT2D eigenvalue weighted by atomic mass is 9.77. The Morgan fingerprint density at radius 1 is 1.22 bits per heavy atom. The van der Waals surface area contributed by atoms with E-state index in [4.69, 9.17) is 9.47 Å². The van der Waals surface area contributed by atoms with Crippen LogP contribution < -0.4 is 14.8 Å². The van der Waals surface area contributed by atoms with E-state index in [-0.39, 0.29) is 0 Å². The fourth-order valence-corrected chi connectivity index (χ4v) is 2.77. The van der Waals surface area contributed by atoms with Crippen LogP contribution >= 0.6 is 0 Å². The summed E-state index contributed by atoms with van der Waals surface area (Å²) in [5.74, 6) is 2.34. The number of hydrogen-bond acceptors (Lipinski definition) is 3. The standard InChI is InChI=1S/C15H23NO2/c1-15(2)8-11(9-16-10-15)13-7-12(17-3)5-6-14(13)18-4/h5-7,11,16H,8-10H2,1-4H3. The molecule has 1 heterocycles. The molecule has 0 spiro atoms. The van der Waals surface area contributed by atoms with E-state index in [1.54, 1.807) is 14.2 Å². The zero-order chi connectivity index (χ0) is 13.2. The Morgan fingerprint density at radius 3 is 2.61 bits per heavy atom. The molecule has 2 rings (SSSR count). The normalized spacial score (nSPS) is 22.6. The van der Waals surface area contributed by atoms with Gasteiger partial charge in [0.15, 0.2) is 0 Å². The van der Waals surface area contributed by atoms with Crippen LogP contribution in [0.1, 0.15) is 31.7 Å². The summed E-state index contributed by atoms with van der Waals surface area (Å²) in [7, 11) is 3.43. The molecule has 0 bridgehead atoms. The molecule has 0 aliphatic carbocycles. The SMILES string of the molecule is COc1ccc(OC)c(C2CNCC(C)(C)C2)c1. The number of methoxy groups -OCH3 is 2. The highest BCUT2D eigenvalue weighted by molar-refractivity contribution is 5.43. The summed E-state index contributed by atoms with van der Waals surface area (Å²) < 4.78 is 10.8. The van der Waals surface area contributed by atoms with Gasteiger partial charge in [-0.05, 0) is 30.0 Å². The third-order valence-electron chi connectivity index (χ3n) is 3.67. The van der Waals surface area contributed by atoms with Crippen molar-refractivity contribution in [1.82, 2.24) is 5.32 Å². The van der Waals surface area contributed by atoms with Crippen LogP contribution in [0.4, 0.5) is 0 Å². The smallest absolute Gasteiger partial charge is 0.122 e. The molecule has 1 saturated heterocycles. The molecule has 18 heavy (non-hydrogen) atoms. The summed E-state index contributed by atoms with van der Waals surface area (Å²) in [6, 6.07) is 6.05. The third kappa shape index (κ3) is 2.78. The van der Waals surface area contributed by atoms with Crippen molar-refractivity contribution in [2.45, 2.75) is 26.2 Å². The van der Waals surface area contributed by atoms with Crippen molar-refractivity contribution in [3.8, 4) is 11.5 Å². The number of hydrogen-bond donors (Lipinski definition) is 1. The molecular formula is C15H23NO2. The molecule has 3 nitrogen and oxygen atoms in total. The van der Waals surface area contributed by atoms with Gasteiger partial charge in [-0.25, -0.2) is 0 Å². The van der Waals surface area contributed by atoms with E-state index in [9.17, 15) is 0 Å². The van der Waals surface area contributed by atoms with Crippen LogP contribution in [0.25, 0.3) is 0 Å². The third-order valence-corrected chi connectivity index (χ3v) is 3.67. The van der Waals surface area contributed by atoms with Gasteiger partial charge in [0.2, 0.25) is 0 Å². The Kier molecular flexibility index (Phi) is 3.81. The fraction of sp³-hybridized carbons (Fsp3) is 0.600. The summed E-state index contributed by atoms with van der Waals surface area (Å²) in [5, 5.41) is 3.52. The molecule has 0 radical (unpaired) electrons. The van der Waals surface area contributed by atoms with Crippen molar-refractivity contribution in [2.24, 2.45) is 5.41 Å². The van der Waals surface area contributed by atoms with Gasteiger partial charge >= 0.3 is 0 Å². The molecule has 1 unspecified atom stereocenters. The zero-order valence-electron chi connectivity index (χ0n) is 11.7. The average molecular weight is 249 g/mol. The molecule has 1 aliphatic heterocycles. The van der Waals surface area contributed by atoms with Crippen LogP contribution in [0.5, 0.6) is 11.5 Å². The molecule has 0 aromatic heterocycles. The number of rotatable bonds is 3. The van der Waals surface area contributed by atoms with Gasteiger partial charge in [-0.3, -0.25) is 0 Å². The molecule has 1 aromatic rings. The van der Waals surface area contributed by atoms with Crippen molar-refractivity contribution < 1.29 is 9.47 Å². The topological polar surface area (TPSA) is 30.5 Å². The summed E-state index contributed by atoms with van der Waals surface area (Å²) in [4.78, 5) is 0. The quantitative estimate of drug-likeness (QED) is 0.893. The van der Waals surface area contributed by atoms with Crippen molar-refractivity contribution >= 4 is 0 Å². The summed E-state index contributed by atoms with van der Waals surface area (Å²) >= 11 is 0. The van der Waals surface area contributed by atoms with Gasteiger partial charge < -0.3 is 14.8 Å². The first-order valence-corrected chi connectivity index (χ1v) is 6.48. The minimum atomic E-state index is 0.330. The van der Waals surface area contributed by atoms with Gasteiger partial charge in [0.1, 0.15) is 11.5 Å². The highest BCUT2D eigenvalue weighted by atomic mass is 16.5. The molecule has 100 valence electrons. The first-order chi connectivity index (χ1) is 8.55. The highest BCUT2D eigenvalue weighted by Gasteiger charge is 2.30. The number of benzene rings is 1. The monoisotopic (exact) mass is 249 g/mol. The van der Waals surface area contributed by atoms with E-state index in [0.29, 0.717) is 11.3 Å². The Morgan fingerprint density at radius 2 is 2.00 bits per heavy atom. The van der Waals surface area contributed by atoms with Gasteiger partial charge in [0.05, 0.1) is 14.2 Å². The van der Waals surface area contributed by atoms with Crippen molar-refractivity contribution in [2.75, 3.05) is 27.3 Å². The Labute approximate surface area is 109 Å². The van der Waals surface area contributed by atoms with E-state index in [2.05, 4.69) is 25.2 Å². The van der Waals surface area contributed by atoms with Crippen LogP contribution in [-0.4, -0.2) is 27.3 Å². The maximum Gasteiger partial charge on any atom is 0.122 e. The van der Waals surface area contributed by atoms with Gasteiger partial charge in [-0.1, -0.05) is 13.8 Å². The van der Waals surface area contributed by atoms with Gasteiger partial charge in [-0.15, -0.1) is 0 Å². The van der Waals surface area contributed by atoms with Crippen LogP contribution in [0.3, 0.4) is 0 Å². The fourth-order valence-electron chi connectivity index (χ4n) is 2.77. The van der Waals surface area contributed by atoms with Crippen molar-refractivity contribution in [3.63, 3.8) is 0 Å². The lowest BCUT2D eigenvalue weighted by molar-refractivity contribution is 0.236. The second-order valence-corrected chi connectivity index (χ2v) is 5.80. The molecular weight excluding hydrogens is 226 g/mol. The second-order valence-electron chi connectivity index (χ2n) is 5.80. The minimum absolute atomic E-state index is 0.330. The molecule has 3 heteroatoms. The Balaban J connectivity index is 2.30. The number of nitrogens with one attached hydrogen (secondary N) is 1. The highest BCUT2D eigenvalue weighted by Crippen LogP contribution is 2.39. The lowest BCUT2D eigenvalue weighted by Gasteiger charge is -2.36. The van der Waals surface area contributed by atoms with Crippen LogP contribution in [0, 0.1) is 5.41 Å². The van der Waals surface area contributed by atoms with Gasteiger partial charge in [-0.2, -0.15) is 0 Å². The van der Waals surface area contributed by atoms with E-state index >= 15 is 0 Å². The lowest BCUT2D eigenvalue weighted by Crippen LogP contribution is -2.40. The van der Waals surface area contributed by atoms with Crippen LogP contribution in [0.15, 0.2) is 18.2 Å².